The Labute approximate surface area is 203 Å². The largest absolute Gasteiger partial charge is 0.379 e. The van der Waals surface area contributed by atoms with Gasteiger partial charge in [0.25, 0.3) is 11.5 Å². The second-order valence-electron chi connectivity index (χ2n) is 8.13. The number of fused-ring (bicyclic) bond motifs is 1. The maximum atomic E-state index is 13.4. The molecule has 176 valence electrons. The van der Waals surface area contributed by atoms with E-state index in [0.717, 1.165) is 51.3 Å². The Bertz CT molecular complexity index is 1140. The number of pyridine rings is 1. The van der Waals surface area contributed by atoms with E-state index in [1.54, 1.807) is 17.2 Å². The minimum Gasteiger partial charge on any atom is -0.379 e. The quantitative estimate of drug-likeness (QED) is 0.346. The molecule has 0 aliphatic carbocycles. The average Bonchev–Trinajstić information content (AvgIpc) is 3.08. The summed E-state index contributed by atoms with van der Waals surface area (Å²) in [4.78, 5) is 35.5. The average molecular weight is 488 g/mol. The minimum absolute atomic E-state index is 0.154. The molecule has 33 heavy (non-hydrogen) atoms. The van der Waals surface area contributed by atoms with Crippen LogP contribution >= 0.6 is 24.0 Å². The maximum absolute atomic E-state index is 13.4. The third-order valence-corrected chi connectivity index (χ3v) is 7.11. The summed E-state index contributed by atoms with van der Waals surface area (Å²) in [5, 5.41) is 3.36. The number of amides is 1. The molecule has 2 fully saturated rings. The number of thiocarbonyl (C=S) groups is 1. The topological polar surface area (TPSA) is 79.2 Å². The van der Waals surface area contributed by atoms with Crippen LogP contribution in [0, 0.1) is 6.92 Å². The summed E-state index contributed by atoms with van der Waals surface area (Å²) in [7, 11) is 0. The van der Waals surface area contributed by atoms with Crippen LogP contribution in [0.5, 0.6) is 0 Å². The zero-order valence-electron chi connectivity index (χ0n) is 19.0. The molecule has 2 aromatic heterocycles. The van der Waals surface area contributed by atoms with Crippen LogP contribution in [0.4, 0.5) is 5.82 Å². The number of nitrogens with zero attached hydrogens (tertiary/aromatic N) is 4. The molecule has 2 aromatic rings. The summed E-state index contributed by atoms with van der Waals surface area (Å²) in [5.41, 5.74) is 1.68. The number of rotatable bonds is 8. The molecule has 0 atom stereocenters. The van der Waals surface area contributed by atoms with E-state index in [1.807, 2.05) is 26.0 Å². The summed E-state index contributed by atoms with van der Waals surface area (Å²) in [5.74, 6) is 0.343. The highest BCUT2D eigenvalue weighted by atomic mass is 32.2. The predicted molar refractivity (Wildman–Crippen MR) is 137 cm³/mol. The van der Waals surface area contributed by atoms with Crippen LogP contribution in [0.2, 0.25) is 0 Å². The van der Waals surface area contributed by atoms with Crippen molar-refractivity contribution in [2.24, 2.45) is 0 Å². The Morgan fingerprint density at radius 1 is 1.27 bits per heavy atom. The van der Waals surface area contributed by atoms with Crippen molar-refractivity contribution < 1.29 is 9.53 Å². The number of morpholine rings is 1. The van der Waals surface area contributed by atoms with Crippen LogP contribution in [0.3, 0.4) is 0 Å². The molecule has 10 heteroatoms. The fraction of sp³-hybridized carbons (Fsp3) is 0.478. The standard InChI is InChI=1S/C23H29N5O3S2/c1-3-8-28-22(30)18(33-23(28)32)15-17-19(24-7-5-9-26-11-13-31-14-12-26)25-20-16(2)6-4-10-27(20)21(17)29/h4,6,10,15,24H,3,5,7-9,11-14H2,1-2H3. The number of carbonyl (C=O) groups is 1. The number of anilines is 1. The van der Waals surface area contributed by atoms with Crippen molar-refractivity contribution in [2.45, 2.75) is 26.7 Å². The van der Waals surface area contributed by atoms with E-state index in [9.17, 15) is 9.59 Å². The van der Waals surface area contributed by atoms with Gasteiger partial charge in [0.15, 0.2) is 0 Å². The highest BCUT2D eigenvalue weighted by Gasteiger charge is 2.32. The van der Waals surface area contributed by atoms with Gasteiger partial charge >= 0.3 is 0 Å². The molecule has 0 aromatic carbocycles. The zero-order valence-corrected chi connectivity index (χ0v) is 20.6. The first-order valence-corrected chi connectivity index (χ1v) is 12.5. The van der Waals surface area contributed by atoms with Gasteiger partial charge in [-0.3, -0.25) is 23.8 Å². The van der Waals surface area contributed by atoms with Gasteiger partial charge in [-0.05, 0) is 44.0 Å². The van der Waals surface area contributed by atoms with Crippen molar-refractivity contribution in [3.05, 3.63) is 44.7 Å². The SMILES string of the molecule is CCCN1C(=O)C(=Cc2c(NCCCN3CCOCC3)nc3c(C)cccn3c2=O)SC1=S. The Morgan fingerprint density at radius 3 is 2.82 bits per heavy atom. The molecule has 0 unspecified atom stereocenters. The number of hydrogen-bond acceptors (Lipinski definition) is 8. The monoisotopic (exact) mass is 487 g/mol. The van der Waals surface area contributed by atoms with E-state index in [0.29, 0.717) is 39.3 Å². The lowest BCUT2D eigenvalue weighted by Crippen LogP contribution is -2.37. The third-order valence-electron chi connectivity index (χ3n) is 5.73. The van der Waals surface area contributed by atoms with E-state index in [1.165, 1.54) is 16.2 Å². The molecule has 0 spiro atoms. The number of aryl methyl sites for hydroxylation is 1. The Morgan fingerprint density at radius 2 is 2.06 bits per heavy atom. The molecule has 0 saturated carbocycles. The predicted octanol–water partition coefficient (Wildman–Crippen LogP) is 2.75. The Hall–Kier alpha value is -2.27. The van der Waals surface area contributed by atoms with Crippen LogP contribution in [-0.2, 0) is 9.53 Å². The summed E-state index contributed by atoms with van der Waals surface area (Å²) in [6.45, 7) is 9.56. The minimum atomic E-state index is -0.208. The lowest BCUT2D eigenvalue weighted by molar-refractivity contribution is -0.122. The van der Waals surface area contributed by atoms with Crippen molar-refractivity contribution in [1.82, 2.24) is 19.2 Å². The third kappa shape index (κ3) is 5.29. The molecule has 1 N–H and O–H groups in total. The molecule has 4 heterocycles. The molecular weight excluding hydrogens is 458 g/mol. The van der Waals surface area contributed by atoms with Gasteiger partial charge in [0.1, 0.15) is 15.8 Å². The molecule has 4 rings (SSSR count). The van der Waals surface area contributed by atoms with Crippen molar-refractivity contribution in [2.75, 3.05) is 51.3 Å². The van der Waals surface area contributed by atoms with Gasteiger partial charge in [-0.1, -0.05) is 37.0 Å². The molecule has 1 amide bonds. The van der Waals surface area contributed by atoms with Gasteiger partial charge in [0, 0.05) is 32.4 Å². The van der Waals surface area contributed by atoms with Gasteiger partial charge in [-0.15, -0.1) is 0 Å². The molecular formula is C23H29N5O3S2. The van der Waals surface area contributed by atoms with Crippen molar-refractivity contribution in [3.63, 3.8) is 0 Å². The number of hydrogen-bond donors (Lipinski definition) is 1. The highest BCUT2D eigenvalue weighted by Crippen LogP contribution is 2.33. The summed E-state index contributed by atoms with van der Waals surface area (Å²) in [6.07, 6.45) is 5.07. The number of thioether (sulfide) groups is 1. The first kappa shape index (κ1) is 23.9. The van der Waals surface area contributed by atoms with Gasteiger partial charge in [0.2, 0.25) is 0 Å². The van der Waals surface area contributed by atoms with Gasteiger partial charge in [-0.2, -0.15) is 0 Å². The first-order valence-electron chi connectivity index (χ1n) is 11.3. The van der Waals surface area contributed by atoms with Crippen molar-refractivity contribution >= 4 is 51.7 Å². The number of carbonyl (C=O) groups excluding carboxylic acids is 1. The van der Waals surface area contributed by atoms with Crippen molar-refractivity contribution in [1.29, 1.82) is 0 Å². The first-order chi connectivity index (χ1) is 16.0. The lowest BCUT2D eigenvalue weighted by Gasteiger charge is -2.26. The second-order valence-corrected chi connectivity index (χ2v) is 9.81. The van der Waals surface area contributed by atoms with E-state index in [-0.39, 0.29) is 11.5 Å². The fourth-order valence-electron chi connectivity index (χ4n) is 3.96. The van der Waals surface area contributed by atoms with Crippen LogP contribution in [0.1, 0.15) is 30.9 Å². The van der Waals surface area contributed by atoms with Gasteiger partial charge in [0.05, 0.1) is 23.7 Å². The summed E-state index contributed by atoms with van der Waals surface area (Å²) >= 11 is 6.62. The molecule has 2 aliphatic rings. The zero-order chi connectivity index (χ0) is 23.4. The Kier molecular flexibility index (Phi) is 7.79. The second kappa shape index (κ2) is 10.8. The molecule has 2 saturated heterocycles. The lowest BCUT2D eigenvalue weighted by atomic mass is 10.2. The van der Waals surface area contributed by atoms with Crippen LogP contribution in [0.25, 0.3) is 11.7 Å². The van der Waals surface area contributed by atoms with Crippen LogP contribution < -0.4 is 10.9 Å². The number of ether oxygens (including phenoxy) is 1. The molecule has 0 bridgehead atoms. The van der Waals surface area contributed by atoms with E-state index in [4.69, 9.17) is 21.9 Å². The van der Waals surface area contributed by atoms with Gasteiger partial charge in [-0.25, -0.2) is 4.98 Å². The highest BCUT2D eigenvalue weighted by molar-refractivity contribution is 8.26. The molecule has 2 aliphatic heterocycles. The maximum Gasteiger partial charge on any atom is 0.267 e. The van der Waals surface area contributed by atoms with Crippen molar-refractivity contribution in [3.8, 4) is 0 Å². The van der Waals surface area contributed by atoms with Crippen LogP contribution in [0.15, 0.2) is 28.0 Å². The van der Waals surface area contributed by atoms with Crippen LogP contribution in [-0.4, -0.2) is 75.3 Å². The summed E-state index contributed by atoms with van der Waals surface area (Å²) in [6, 6.07) is 3.75. The molecule has 0 radical (unpaired) electrons. The molecule has 8 nitrogen and oxygen atoms in total. The fourth-order valence-corrected chi connectivity index (χ4v) is 5.25. The summed E-state index contributed by atoms with van der Waals surface area (Å²) < 4.78 is 7.47. The smallest absolute Gasteiger partial charge is 0.267 e. The number of aromatic nitrogens is 2. The normalized spacial score (nSPS) is 18.6. The van der Waals surface area contributed by atoms with Gasteiger partial charge < -0.3 is 10.1 Å². The van der Waals surface area contributed by atoms with E-state index < -0.39 is 0 Å². The number of nitrogens with one attached hydrogen (secondary N) is 1. The van der Waals surface area contributed by atoms with E-state index >= 15 is 0 Å². The van der Waals surface area contributed by atoms with E-state index in [2.05, 4.69) is 10.2 Å². The Balaban J connectivity index is 1.62.